The first-order valence-electron chi connectivity index (χ1n) is 11.3. The molecule has 2 amide bonds. The molecular weight excluding hydrogens is 487 g/mol. The minimum absolute atomic E-state index is 0.205. The highest BCUT2D eigenvalue weighted by Gasteiger charge is 2.34. The number of hydrazone groups is 1. The second-order valence-electron chi connectivity index (χ2n) is 8.50. The third-order valence-electron chi connectivity index (χ3n) is 6.08. The Morgan fingerprint density at radius 1 is 1.17 bits per heavy atom. The molecule has 1 fully saturated rings. The van der Waals surface area contributed by atoms with Gasteiger partial charge in [-0.15, -0.1) is 5.10 Å². The number of piperazine rings is 1. The summed E-state index contributed by atoms with van der Waals surface area (Å²) >= 11 is 6.34. The number of amides is 2. The van der Waals surface area contributed by atoms with E-state index in [1.54, 1.807) is 28.8 Å². The largest absolute Gasteiger partial charge is 0.341 e. The van der Waals surface area contributed by atoms with Crippen LogP contribution in [0.4, 0.5) is 15.1 Å². The van der Waals surface area contributed by atoms with Crippen molar-refractivity contribution in [2.75, 3.05) is 31.1 Å². The van der Waals surface area contributed by atoms with E-state index in [0.29, 0.717) is 66.6 Å². The van der Waals surface area contributed by atoms with Gasteiger partial charge in [-0.05, 0) is 37.6 Å². The summed E-state index contributed by atoms with van der Waals surface area (Å²) in [7, 11) is 0. The Balaban J connectivity index is 1.29. The number of urea groups is 1. The van der Waals surface area contributed by atoms with Crippen molar-refractivity contribution in [3.8, 4) is 11.9 Å². The maximum atomic E-state index is 14.0. The lowest BCUT2D eigenvalue weighted by Crippen LogP contribution is -2.52. The summed E-state index contributed by atoms with van der Waals surface area (Å²) in [6.07, 6.45) is 3.61. The van der Waals surface area contributed by atoms with Gasteiger partial charge in [0.15, 0.2) is 5.82 Å². The molecule has 184 valence electrons. The normalized spacial score (nSPS) is 17.5. The van der Waals surface area contributed by atoms with Gasteiger partial charge in [0.1, 0.15) is 22.5 Å². The van der Waals surface area contributed by atoms with E-state index in [0.717, 1.165) is 0 Å². The number of halogens is 2. The number of aryl methyl sites for hydroxylation is 2. The van der Waals surface area contributed by atoms with Crippen LogP contribution in [0, 0.1) is 31.0 Å². The van der Waals surface area contributed by atoms with Gasteiger partial charge < -0.3 is 9.80 Å². The zero-order chi connectivity index (χ0) is 25.4. The van der Waals surface area contributed by atoms with Gasteiger partial charge >= 0.3 is 6.03 Å². The SMILES string of the molecule is Cc1nc(C)n(-c2nc(N3CCN(C(=O)N4N=CC[C@H]4c4cc(F)cc(C#N)c4)CC3)ncc2Cl)n1. The first kappa shape index (κ1) is 23.6. The van der Waals surface area contributed by atoms with Crippen molar-refractivity contribution >= 4 is 29.8 Å². The molecule has 0 N–H and O–H groups in total. The number of carbonyl (C=O) groups excluding carboxylic acids is 1. The summed E-state index contributed by atoms with van der Waals surface area (Å²) in [6, 6.07) is 5.31. The first-order valence-corrected chi connectivity index (χ1v) is 11.7. The van der Waals surface area contributed by atoms with Crippen molar-refractivity contribution in [1.82, 2.24) is 34.6 Å². The molecule has 0 saturated carbocycles. The number of rotatable bonds is 3. The molecule has 2 aromatic heterocycles. The van der Waals surface area contributed by atoms with Gasteiger partial charge in [0.05, 0.1) is 23.9 Å². The van der Waals surface area contributed by atoms with Crippen LogP contribution in [0.15, 0.2) is 29.5 Å². The maximum Gasteiger partial charge on any atom is 0.341 e. The van der Waals surface area contributed by atoms with E-state index in [1.807, 2.05) is 17.9 Å². The van der Waals surface area contributed by atoms with E-state index < -0.39 is 11.9 Å². The molecule has 2 aliphatic rings. The quantitative estimate of drug-likeness (QED) is 0.533. The molecule has 1 atom stereocenters. The van der Waals surface area contributed by atoms with Crippen molar-refractivity contribution in [3.63, 3.8) is 0 Å². The molecule has 13 heteroatoms. The van der Waals surface area contributed by atoms with Crippen molar-refractivity contribution in [1.29, 1.82) is 5.26 Å². The van der Waals surface area contributed by atoms with Crippen LogP contribution in [0.5, 0.6) is 0 Å². The number of nitrogens with zero attached hydrogens (tertiary/aromatic N) is 10. The van der Waals surface area contributed by atoms with Crippen molar-refractivity contribution in [3.05, 3.63) is 58.0 Å². The Morgan fingerprint density at radius 2 is 1.94 bits per heavy atom. The fourth-order valence-corrected chi connectivity index (χ4v) is 4.53. The molecule has 3 aromatic rings. The zero-order valence-corrected chi connectivity index (χ0v) is 20.4. The minimum atomic E-state index is -0.518. The molecule has 0 aliphatic carbocycles. The number of hydrogen-bond acceptors (Lipinski definition) is 8. The van der Waals surface area contributed by atoms with Gasteiger partial charge in [0.2, 0.25) is 5.95 Å². The second-order valence-corrected chi connectivity index (χ2v) is 8.90. The van der Waals surface area contributed by atoms with Crippen LogP contribution in [0.1, 0.15) is 35.2 Å². The lowest BCUT2D eigenvalue weighted by molar-refractivity contribution is 0.139. The predicted molar refractivity (Wildman–Crippen MR) is 129 cm³/mol. The third kappa shape index (κ3) is 4.45. The van der Waals surface area contributed by atoms with Crippen LogP contribution in [-0.2, 0) is 0 Å². The zero-order valence-electron chi connectivity index (χ0n) is 19.6. The molecule has 1 aromatic carbocycles. The molecule has 0 radical (unpaired) electrons. The van der Waals surface area contributed by atoms with Crippen molar-refractivity contribution < 1.29 is 9.18 Å². The number of carbonyl (C=O) groups is 1. The monoisotopic (exact) mass is 508 g/mol. The fourth-order valence-electron chi connectivity index (χ4n) is 4.36. The Kier molecular flexibility index (Phi) is 6.24. The minimum Gasteiger partial charge on any atom is -0.337 e. The smallest absolute Gasteiger partial charge is 0.337 e. The lowest BCUT2D eigenvalue weighted by Gasteiger charge is -2.37. The van der Waals surface area contributed by atoms with Gasteiger partial charge in [-0.2, -0.15) is 20.0 Å². The molecule has 5 rings (SSSR count). The van der Waals surface area contributed by atoms with Crippen molar-refractivity contribution in [2.24, 2.45) is 5.10 Å². The number of aromatic nitrogens is 5. The van der Waals surface area contributed by atoms with Crippen LogP contribution in [-0.4, -0.2) is 73.1 Å². The van der Waals surface area contributed by atoms with E-state index in [4.69, 9.17) is 11.6 Å². The van der Waals surface area contributed by atoms with Crippen LogP contribution in [0.25, 0.3) is 5.82 Å². The summed E-state index contributed by atoms with van der Waals surface area (Å²) in [5, 5.41) is 19.5. The Morgan fingerprint density at radius 3 is 2.64 bits per heavy atom. The van der Waals surface area contributed by atoms with E-state index >= 15 is 0 Å². The molecule has 4 heterocycles. The van der Waals surface area contributed by atoms with E-state index in [-0.39, 0.29) is 11.6 Å². The van der Waals surface area contributed by atoms with Gasteiger partial charge in [0.25, 0.3) is 0 Å². The molecule has 36 heavy (non-hydrogen) atoms. The maximum absolute atomic E-state index is 14.0. The third-order valence-corrected chi connectivity index (χ3v) is 6.35. The lowest BCUT2D eigenvalue weighted by atomic mass is 10.0. The molecule has 11 nitrogen and oxygen atoms in total. The average Bonchev–Trinajstić information content (AvgIpc) is 3.49. The van der Waals surface area contributed by atoms with Crippen LogP contribution < -0.4 is 4.90 Å². The Bertz CT molecular complexity index is 1390. The number of nitriles is 1. The Labute approximate surface area is 211 Å². The van der Waals surface area contributed by atoms with Gasteiger partial charge in [0, 0.05) is 38.8 Å². The number of anilines is 1. The summed E-state index contributed by atoms with van der Waals surface area (Å²) in [5.41, 5.74) is 0.744. The van der Waals surface area contributed by atoms with E-state index in [1.165, 1.54) is 23.3 Å². The van der Waals surface area contributed by atoms with Crippen LogP contribution in [0.3, 0.4) is 0 Å². The first-order chi connectivity index (χ1) is 17.3. The highest BCUT2D eigenvalue weighted by atomic mass is 35.5. The highest BCUT2D eigenvalue weighted by Crippen LogP contribution is 2.31. The molecule has 1 saturated heterocycles. The summed E-state index contributed by atoms with van der Waals surface area (Å²) in [5.74, 6) is 1.68. The van der Waals surface area contributed by atoms with Gasteiger partial charge in [-0.3, -0.25) is 0 Å². The number of benzene rings is 1. The van der Waals surface area contributed by atoms with Crippen LogP contribution in [0.2, 0.25) is 5.02 Å². The van der Waals surface area contributed by atoms with E-state index in [2.05, 4.69) is 25.2 Å². The number of hydrogen-bond donors (Lipinski definition) is 0. The molecule has 0 spiro atoms. The molecule has 0 unspecified atom stereocenters. The molecule has 0 bridgehead atoms. The highest BCUT2D eigenvalue weighted by molar-refractivity contribution is 6.32. The fraction of sp³-hybridized carbons (Fsp3) is 0.348. The standard InChI is InChI=1S/C23H22ClFN10O/c1-14-29-15(2)34(31-14)21-19(24)13-27-22(30-21)32-5-7-33(8-6-32)23(36)35-20(3-4-28-35)17-9-16(12-26)10-18(25)11-17/h4,9-11,13,20H,3,5-8H2,1-2H3/t20-/m0/s1. The van der Waals surface area contributed by atoms with Gasteiger partial charge in [-0.1, -0.05) is 11.6 Å². The Hall–Kier alpha value is -4.11. The molecular formula is C23H22ClFN10O. The summed E-state index contributed by atoms with van der Waals surface area (Å²) < 4.78 is 15.6. The van der Waals surface area contributed by atoms with Crippen molar-refractivity contribution in [2.45, 2.75) is 26.3 Å². The molecule has 2 aliphatic heterocycles. The summed E-state index contributed by atoms with van der Waals surface area (Å²) in [4.78, 5) is 30.2. The topological polar surface area (TPSA) is 119 Å². The van der Waals surface area contributed by atoms with Gasteiger partial charge in [-0.25, -0.2) is 24.2 Å². The predicted octanol–water partition coefficient (Wildman–Crippen LogP) is 3.01. The average molecular weight is 509 g/mol. The summed E-state index contributed by atoms with van der Waals surface area (Å²) in [6.45, 7) is 5.47. The van der Waals surface area contributed by atoms with Crippen LogP contribution >= 0.6 is 11.6 Å². The second kappa shape index (κ2) is 9.50. The van der Waals surface area contributed by atoms with E-state index in [9.17, 15) is 14.4 Å².